The lowest BCUT2D eigenvalue weighted by Gasteiger charge is -2.19. The first-order valence-corrected chi connectivity index (χ1v) is 6.18. The van der Waals surface area contributed by atoms with E-state index >= 15 is 0 Å². The molecule has 2 nitrogen and oxygen atoms in total. The first kappa shape index (κ1) is 12.2. The van der Waals surface area contributed by atoms with Crippen LogP contribution in [0.15, 0.2) is 30.3 Å². The molecular weight excluding hydrogens is 212 g/mol. The van der Waals surface area contributed by atoms with Crippen molar-refractivity contribution in [1.82, 2.24) is 0 Å². The van der Waals surface area contributed by atoms with Gasteiger partial charge in [-0.3, -0.25) is 4.79 Å². The van der Waals surface area contributed by atoms with Gasteiger partial charge in [0.15, 0.2) is 0 Å². The van der Waals surface area contributed by atoms with Crippen LogP contribution in [0.3, 0.4) is 0 Å². The third kappa shape index (κ3) is 2.68. The summed E-state index contributed by atoms with van der Waals surface area (Å²) in [4.78, 5) is 12.0. The number of hydrogen-bond donors (Lipinski definition) is 0. The number of esters is 1. The summed E-state index contributed by atoms with van der Waals surface area (Å²) >= 11 is 0. The molecule has 1 aromatic rings. The molecule has 1 saturated carbocycles. The summed E-state index contributed by atoms with van der Waals surface area (Å²) in [6, 6.07) is 10.2. The minimum Gasteiger partial charge on any atom is -0.460 e. The number of carbonyl (C=O) groups is 1. The van der Waals surface area contributed by atoms with Crippen molar-refractivity contribution in [3.63, 3.8) is 0 Å². The molecule has 0 heterocycles. The predicted octanol–water partition coefficient (Wildman–Crippen LogP) is 3.38. The highest BCUT2D eigenvalue weighted by Crippen LogP contribution is 2.54. The van der Waals surface area contributed by atoms with E-state index in [0.29, 0.717) is 11.8 Å². The van der Waals surface area contributed by atoms with Crippen LogP contribution >= 0.6 is 0 Å². The van der Waals surface area contributed by atoms with Gasteiger partial charge in [-0.1, -0.05) is 37.3 Å². The summed E-state index contributed by atoms with van der Waals surface area (Å²) in [6.07, 6.45) is 0. The Bertz CT molecular complexity index is 403. The van der Waals surface area contributed by atoms with Crippen LogP contribution in [-0.4, -0.2) is 11.6 Å². The highest BCUT2D eigenvalue weighted by atomic mass is 16.6. The Morgan fingerprint density at radius 1 is 1.18 bits per heavy atom. The van der Waals surface area contributed by atoms with E-state index in [1.54, 1.807) is 0 Å². The van der Waals surface area contributed by atoms with E-state index in [1.165, 1.54) is 5.56 Å². The molecule has 2 heteroatoms. The average molecular weight is 232 g/mol. The van der Waals surface area contributed by atoms with Gasteiger partial charge in [0.25, 0.3) is 0 Å². The quantitative estimate of drug-likeness (QED) is 0.731. The van der Waals surface area contributed by atoms with Gasteiger partial charge in [-0.05, 0) is 32.3 Å². The summed E-state index contributed by atoms with van der Waals surface area (Å²) < 4.78 is 5.44. The third-order valence-electron chi connectivity index (χ3n) is 3.24. The summed E-state index contributed by atoms with van der Waals surface area (Å²) in [6.45, 7) is 7.85. The number of hydrogen-bond acceptors (Lipinski definition) is 2. The predicted molar refractivity (Wildman–Crippen MR) is 67.7 cm³/mol. The molecular formula is C15H20O2. The fraction of sp³-hybridized carbons (Fsp3) is 0.533. The van der Waals surface area contributed by atoms with Gasteiger partial charge in [0.1, 0.15) is 5.60 Å². The molecule has 0 spiro atoms. The van der Waals surface area contributed by atoms with Gasteiger partial charge < -0.3 is 4.74 Å². The molecule has 3 atom stereocenters. The first-order chi connectivity index (χ1) is 7.90. The minimum absolute atomic E-state index is 0.0385. The monoisotopic (exact) mass is 232 g/mol. The largest absolute Gasteiger partial charge is 0.460 e. The van der Waals surface area contributed by atoms with E-state index in [2.05, 4.69) is 19.1 Å². The van der Waals surface area contributed by atoms with Crippen LogP contribution in [0.1, 0.15) is 39.2 Å². The second-order valence-corrected chi connectivity index (χ2v) is 5.85. The van der Waals surface area contributed by atoms with Crippen molar-refractivity contribution in [2.45, 2.75) is 39.2 Å². The fourth-order valence-electron chi connectivity index (χ4n) is 2.38. The summed E-state index contributed by atoms with van der Waals surface area (Å²) in [7, 11) is 0. The van der Waals surface area contributed by atoms with E-state index in [-0.39, 0.29) is 17.5 Å². The van der Waals surface area contributed by atoms with Crippen molar-refractivity contribution < 1.29 is 9.53 Å². The van der Waals surface area contributed by atoms with Gasteiger partial charge in [0, 0.05) is 5.92 Å². The molecule has 1 aliphatic carbocycles. The Labute approximate surface area is 103 Å². The Kier molecular flexibility index (Phi) is 2.98. The van der Waals surface area contributed by atoms with Gasteiger partial charge in [0.05, 0.1) is 5.92 Å². The number of rotatable bonds is 2. The van der Waals surface area contributed by atoms with Gasteiger partial charge in [-0.15, -0.1) is 0 Å². The van der Waals surface area contributed by atoms with Crippen molar-refractivity contribution in [3.05, 3.63) is 35.9 Å². The normalized spacial score (nSPS) is 27.6. The van der Waals surface area contributed by atoms with E-state index < -0.39 is 0 Å². The number of benzene rings is 1. The molecule has 1 aliphatic rings. The zero-order valence-electron chi connectivity index (χ0n) is 10.9. The zero-order valence-corrected chi connectivity index (χ0v) is 10.9. The molecule has 2 rings (SSSR count). The van der Waals surface area contributed by atoms with Crippen LogP contribution in [0.25, 0.3) is 0 Å². The molecule has 1 aromatic carbocycles. The second kappa shape index (κ2) is 4.17. The maximum absolute atomic E-state index is 12.0. The molecule has 0 radical (unpaired) electrons. The average Bonchev–Trinajstić information content (AvgIpc) is 2.89. The second-order valence-electron chi connectivity index (χ2n) is 5.85. The maximum Gasteiger partial charge on any atom is 0.310 e. The molecule has 0 amide bonds. The highest BCUT2D eigenvalue weighted by molar-refractivity contribution is 5.78. The Morgan fingerprint density at radius 2 is 1.76 bits per heavy atom. The molecule has 1 fully saturated rings. The lowest BCUT2D eigenvalue weighted by molar-refractivity contribution is -0.156. The van der Waals surface area contributed by atoms with Crippen molar-refractivity contribution in [1.29, 1.82) is 0 Å². The lowest BCUT2D eigenvalue weighted by Crippen LogP contribution is -2.25. The Balaban J connectivity index is 2.04. The SMILES string of the molecule is CC1[C@@H](c2ccccc2)[C@H]1C(=O)OC(C)(C)C. The van der Waals surface area contributed by atoms with Crippen molar-refractivity contribution in [2.75, 3.05) is 0 Å². The Hall–Kier alpha value is -1.31. The molecule has 0 aromatic heterocycles. The molecule has 1 unspecified atom stereocenters. The van der Waals surface area contributed by atoms with E-state index in [0.717, 1.165) is 0 Å². The molecule has 0 saturated heterocycles. The van der Waals surface area contributed by atoms with Gasteiger partial charge >= 0.3 is 5.97 Å². The van der Waals surface area contributed by atoms with Gasteiger partial charge in [-0.2, -0.15) is 0 Å². The van der Waals surface area contributed by atoms with E-state index in [9.17, 15) is 4.79 Å². The van der Waals surface area contributed by atoms with Crippen LogP contribution < -0.4 is 0 Å². The van der Waals surface area contributed by atoms with Crippen LogP contribution in [0.5, 0.6) is 0 Å². The summed E-state index contributed by atoms with van der Waals surface area (Å²) in [5.41, 5.74) is 0.858. The van der Waals surface area contributed by atoms with Crippen molar-refractivity contribution >= 4 is 5.97 Å². The Morgan fingerprint density at radius 3 is 2.29 bits per heavy atom. The molecule has 0 bridgehead atoms. The highest BCUT2D eigenvalue weighted by Gasteiger charge is 2.53. The zero-order chi connectivity index (χ0) is 12.6. The van der Waals surface area contributed by atoms with Gasteiger partial charge in [0.2, 0.25) is 0 Å². The molecule has 92 valence electrons. The first-order valence-electron chi connectivity index (χ1n) is 6.18. The minimum atomic E-state index is -0.388. The van der Waals surface area contributed by atoms with Crippen LogP contribution in [-0.2, 0) is 9.53 Å². The van der Waals surface area contributed by atoms with Crippen molar-refractivity contribution in [2.24, 2.45) is 11.8 Å². The fourth-order valence-corrected chi connectivity index (χ4v) is 2.38. The van der Waals surface area contributed by atoms with E-state index in [1.807, 2.05) is 39.0 Å². The summed E-state index contributed by atoms with van der Waals surface area (Å²) in [5, 5.41) is 0. The topological polar surface area (TPSA) is 26.3 Å². The standard InChI is InChI=1S/C15H20O2/c1-10-12(11-8-6-5-7-9-11)13(10)14(16)17-15(2,3)4/h5-10,12-13H,1-4H3/t10?,12-,13-/m0/s1. The smallest absolute Gasteiger partial charge is 0.310 e. The third-order valence-corrected chi connectivity index (χ3v) is 3.24. The van der Waals surface area contributed by atoms with Gasteiger partial charge in [-0.25, -0.2) is 0 Å². The number of carbonyl (C=O) groups excluding carboxylic acids is 1. The summed E-state index contributed by atoms with van der Waals surface area (Å²) in [5.74, 6) is 0.716. The van der Waals surface area contributed by atoms with Crippen LogP contribution in [0.2, 0.25) is 0 Å². The van der Waals surface area contributed by atoms with Crippen LogP contribution in [0.4, 0.5) is 0 Å². The van der Waals surface area contributed by atoms with E-state index in [4.69, 9.17) is 4.74 Å². The maximum atomic E-state index is 12.0. The van der Waals surface area contributed by atoms with Crippen molar-refractivity contribution in [3.8, 4) is 0 Å². The molecule has 0 aliphatic heterocycles. The van der Waals surface area contributed by atoms with Crippen LogP contribution in [0, 0.1) is 11.8 Å². The lowest BCUT2D eigenvalue weighted by atomic mass is 10.1. The molecule has 17 heavy (non-hydrogen) atoms. The molecule has 0 N–H and O–H groups in total. The number of ether oxygens (including phenoxy) is 1.